The molecule has 4 heterocycles. The van der Waals surface area contributed by atoms with Crippen molar-refractivity contribution in [1.29, 1.82) is 0 Å². The smallest absolute Gasteiger partial charge is 0.166 e. The van der Waals surface area contributed by atoms with Crippen LogP contribution in [-0.2, 0) is 12.0 Å². The van der Waals surface area contributed by atoms with Gasteiger partial charge in [-0.2, -0.15) is 0 Å². The maximum absolute atomic E-state index is 10.4. The molecule has 3 aromatic rings. The van der Waals surface area contributed by atoms with Crippen LogP contribution in [0, 0.1) is 0 Å². The summed E-state index contributed by atoms with van der Waals surface area (Å²) >= 11 is 6.25. The molecule has 8 heteroatoms. The van der Waals surface area contributed by atoms with Crippen molar-refractivity contribution in [2.75, 3.05) is 18.0 Å². The summed E-state index contributed by atoms with van der Waals surface area (Å²) in [6, 6.07) is 3.82. The van der Waals surface area contributed by atoms with Crippen LogP contribution in [0.2, 0.25) is 5.15 Å². The van der Waals surface area contributed by atoms with Gasteiger partial charge in [-0.05, 0) is 19.4 Å². The van der Waals surface area contributed by atoms with Gasteiger partial charge in [-0.3, -0.25) is 0 Å². The topological polar surface area (TPSA) is 80.0 Å². The van der Waals surface area contributed by atoms with E-state index in [1.807, 2.05) is 23.6 Å². The first-order valence-corrected chi connectivity index (χ1v) is 9.82. The fraction of sp³-hybridized carbons (Fsp3) is 0.500. The summed E-state index contributed by atoms with van der Waals surface area (Å²) in [5.41, 5.74) is 1.48. The maximum atomic E-state index is 10.4. The number of anilines is 1. The Kier molecular flexibility index (Phi) is 4.55. The van der Waals surface area contributed by atoms with E-state index in [1.54, 1.807) is 12.5 Å². The molecule has 3 aromatic heterocycles. The van der Waals surface area contributed by atoms with Crippen molar-refractivity contribution in [1.82, 2.24) is 24.5 Å². The maximum Gasteiger partial charge on any atom is 0.166 e. The second kappa shape index (κ2) is 6.67. The van der Waals surface area contributed by atoms with Crippen molar-refractivity contribution >= 4 is 28.6 Å². The van der Waals surface area contributed by atoms with E-state index >= 15 is 0 Å². The van der Waals surface area contributed by atoms with Crippen LogP contribution in [0.4, 0.5) is 5.82 Å². The third-order valence-electron chi connectivity index (χ3n) is 5.04. The molecule has 7 nitrogen and oxygen atoms in total. The van der Waals surface area contributed by atoms with Gasteiger partial charge in [-0.15, -0.1) is 0 Å². The summed E-state index contributed by atoms with van der Waals surface area (Å²) in [5, 5.41) is 10.9. The number of hydrogen-bond acceptors (Lipinski definition) is 6. The van der Waals surface area contributed by atoms with Gasteiger partial charge >= 0.3 is 0 Å². The van der Waals surface area contributed by atoms with Gasteiger partial charge in [-0.25, -0.2) is 19.9 Å². The van der Waals surface area contributed by atoms with E-state index in [2.05, 4.69) is 35.6 Å². The molecule has 0 radical (unpaired) electrons. The molecule has 0 spiro atoms. The number of nitrogens with zero attached hydrogens (tertiary/aromatic N) is 6. The van der Waals surface area contributed by atoms with Gasteiger partial charge < -0.3 is 14.6 Å². The van der Waals surface area contributed by atoms with Crippen LogP contribution in [0.3, 0.4) is 0 Å². The molecule has 1 aliphatic heterocycles. The highest BCUT2D eigenvalue weighted by Crippen LogP contribution is 2.32. The molecule has 1 N–H and O–H groups in total. The fourth-order valence-electron chi connectivity index (χ4n) is 3.45. The first kappa shape index (κ1) is 19.1. The van der Waals surface area contributed by atoms with Gasteiger partial charge in [0.05, 0.1) is 18.5 Å². The summed E-state index contributed by atoms with van der Waals surface area (Å²) < 4.78 is 1.98. The van der Waals surface area contributed by atoms with Gasteiger partial charge in [0.25, 0.3) is 0 Å². The Balaban J connectivity index is 1.84. The molecule has 0 saturated carbocycles. The first-order chi connectivity index (χ1) is 13.1. The van der Waals surface area contributed by atoms with Crippen LogP contribution >= 0.6 is 11.6 Å². The Morgan fingerprint density at radius 2 is 2.04 bits per heavy atom. The van der Waals surface area contributed by atoms with Crippen LogP contribution < -0.4 is 4.90 Å². The molecule has 1 fully saturated rings. The van der Waals surface area contributed by atoms with Crippen molar-refractivity contribution in [3.05, 3.63) is 41.2 Å². The lowest BCUT2D eigenvalue weighted by Crippen LogP contribution is -2.31. The van der Waals surface area contributed by atoms with Crippen LogP contribution in [0.1, 0.15) is 45.5 Å². The molecule has 0 amide bonds. The summed E-state index contributed by atoms with van der Waals surface area (Å²) in [4.78, 5) is 20.6. The van der Waals surface area contributed by atoms with E-state index < -0.39 is 5.60 Å². The van der Waals surface area contributed by atoms with E-state index in [0.29, 0.717) is 24.7 Å². The van der Waals surface area contributed by atoms with E-state index in [1.165, 1.54) is 0 Å². The quantitative estimate of drug-likeness (QED) is 0.680. The number of hydrogen-bond donors (Lipinski definition) is 1. The zero-order chi connectivity index (χ0) is 20.1. The molecular weight excluding hydrogens is 376 g/mol. The molecule has 1 atom stereocenters. The second-order valence-corrected chi connectivity index (χ2v) is 9.15. The van der Waals surface area contributed by atoms with Crippen LogP contribution in [0.25, 0.3) is 11.2 Å². The highest BCUT2D eigenvalue weighted by atomic mass is 35.5. The molecule has 4 rings (SSSR count). The Morgan fingerprint density at radius 3 is 2.68 bits per heavy atom. The highest BCUT2D eigenvalue weighted by Gasteiger charge is 2.34. The Morgan fingerprint density at radius 1 is 1.25 bits per heavy atom. The monoisotopic (exact) mass is 400 g/mol. The summed E-state index contributed by atoms with van der Waals surface area (Å²) in [5.74, 6) is 1.53. The van der Waals surface area contributed by atoms with Crippen molar-refractivity contribution in [3.8, 4) is 0 Å². The zero-order valence-corrected chi connectivity index (χ0v) is 17.4. The normalized spacial score (nSPS) is 20.3. The molecule has 148 valence electrons. The van der Waals surface area contributed by atoms with Crippen LogP contribution in [0.15, 0.2) is 24.7 Å². The van der Waals surface area contributed by atoms with Gasteiger partial charge in [0.1, 0.15) is 11.0 Å². The minimum atomic E-state index is -0.717. The van der Waals surface area contributed by atoms with Crippen LogP contribution in [-0.4, -0.2) is 48.3 Å². The van der Waals surface area contributed by atoms with Crippen molar-refractivity contribution in [3.63, 3.8) is 0 Å². The third kappa shape index (κ3) is 3.56. The molecule has 1 saturated heterocycles. The SMILES string of the molecule is CC1(O)CCN(c2nc(C(C)(C)C)nc3c2ncn3Cc2cccnc2Cl)C1. The number of β-amino-alcohol motifs (C(OH)–C–C–N with tert-alkyl or cyclic N) is 1. The predicted molar refractivity (Wildman–Crippen MR) is 110 cm³/mol. The molecule has 1 unspecified atom stereocenters. The Bertz CT molecular complexity index is 1020. The van der Waals surface area contributed by atoms with Crippen molar-refractivity contribution in [2.45, 2.75) is 51.7 Å². The van der Waals surface area contributed by atoms with E-state index in [4.69, 9.17) is 21.6 Å². The summed E-state index contributed by atoms with van der Waals surface area (Å²) in [6.07, 6.45) is 4.15. The molecule has 0 aliphatic carbocycles. The van der Waals surface area contributed by atoms with E-state index in [9.17, 15) is 5.11 Å². The fourth-order valence-corrected chi connectivity index (χ4v) is 3.63. The van der Waals surface area contributed by atoms with E-state index in [0.717, 1.165) is 34.9 Å². The Hall–Kier alpha value is -2.25. The third-order valence-corrected chi connectivity index (χ3v) is 5.38. The molecule has 0 aromatic carbocycles. The van der Waals surface area contributed by atoms with E-state index in [-0.39, 0.29) is 5.41 Å². The van der Waals surface area contributed by atoms with Gasteiger partial charge in [0.15, 0.2) is 17.0 Å². The average Bonchev–Trinajstić information content (AvgIpc) is 3.18. The average molecular weight is 401 g/mol. The zero-order valence-electron chi connectivity index (χ0n) is 16.6. The number of aromatic nitrogens is 5. The van der Waals surface area contributed by atoms with Gasteiger partial charge in [0, 0.05) is 30.3 Å². The molecule has 0 bridgehead atoms. The predicted octanol–water partition coefficient (Wildman–Crippen LogP) is 3.18. The lowest BCUT2D eigenvalue weighted by atomic mass is 9.96. The van der Waals surface area contributed by atoms with Crippen molar-refractivity contribution < 1.29 is 5.11 Å². The second-order valence-electron chi connectivity index (χ2n) is 8.79. The first-order valence-electron chi connectivity index (χ1n) is 9.44. The summed E-state index contributed by atoms with van der Waals surface area (Å²) in [7, 11) is 0. The van der Waals surface area contributed by atoms with Gasteiger partial charge in [0.2, 0.25) is 0 Å². The lowest BCUT2D eigenvalue weighted by molar-refractivity contribution is 0.0839. The van der Waals surface area contributed by atoms with Crippen LogP contribution in [0.5, 0.6) is 0 Å². The minimum Gasteiger partial charge on any atom is -0.388 e. The molecular formula is C20H25ClN6O. The van der Waals surface area contributed by atoms with Crippen molar-refractivity contribution in [2.24, 2.45) is 0 Å². The number of pyridine rings is 1. The standard InChI is InChI=1S/C20H25ClN6O/c1-19(2,3)18-24-16(26-9-7-20(4,28)11-26)14-17(25-18)27(12-23-14)10-13-6-5-8-22-15(13)21/h5-6,8,12,28H,7,9-11H2,1-4H3. The number of aliphatic hydroxyl groups is 1. The number of halogens is 1. The minimum absolute atomic E-state index is 0.216. The number of fused-ring (bicyclic) bond motifs is 1. The lowest BCUT2D eigenvalue weighted by Gasteiger charge is -2.23. The molecule has 28 heavy (non-hydrogen) atoms. The number of imidazole rings is 1. The Labute approximate surface area is 169 Å². The summed E-state index contributed by atoms with van der Waals surface area (Å²) in [6.45, 7) is 9.94. The highest BCUT2D eigenvalue weighted by molar-refractivity contribution is 6.30. The number of rotatable bonds is 3. The largest absolute Gasteiger partial charge is 0.388 e. The molecule has 1 aliphatic rings. The van der Waals surface area contributed by atoms with Gasteiger partial charge in [-0.1, -0.05) is 38.4 Å².